The van der Waals surface area contributed by atoms with Crippen molar-refractivity contribution in [3.63, 3.8) is 0 Å². The molecule has 0 spiro atoms. The molecular weight excluding hydrogens is 388 g/mol. The number of carbonyl (C=O) groups excluding carboxylic acids is 1. The fourth-order valence-electron chi connectivity index (χ4n) is 4.00. The predicted octanol–water partition coefficient (Wildman–Crippen LogP) is 5.05. The van der Waals surface area contributed by atoms with E-state index in [1.807, 2.05) is 57.2 Å². The van der Waals surface area contributed by atoms with Crippen LogP contribution in [0, 0.1) is 26.7 Å². The highest BCUT2D eigenvalue weighted by Crippen LogP contribution is 2.31. The number of piperidine rings is 1. The van der Waals surface area contributed by atoms with Gasteiger partial charge in [-0.15, -0.1) is 0 Å². The highest BCUT2D eigenvalue weighted by Gasteiger charge is 2.28. The van der Waals surface area contributed by atoms with E-state index in [4.69, 9.17) is 4.74 Å². The van der Waals surface area contributed by atoms with E-state index in [-0.39, 0.29) is 11.8 Å². The van der Waals surface area contributed by atoms with Crippen molar-refractivity contribution in [3.8, 4) is 11.6 Å². The van der Waals surface area contributed by atoms with Gasteiger partial charge in [0.1, 0.15) is 5.75 Å². The summed E-state index contributed by atoms with van der Waals surface area (Å²) in [6.07, 6.45) is 5.05. The molecule has 2 heterocycles. The number of rotatable bonds is 5. The van der Waals surface area contributed by atoms with Crippen LogP contribution in [-0.4, -0.2) is 29.0 Å². The van der Waals surface area contributed by atoms with Crippen LogP contribution < -0.4 is 15.0 Å². The Hall–Kier alpha value is -3.41. The number of aryl methyl sites for hydroxylation is 3. The van der Waals surface area contributed by atoms with Crippen molar-refractivity contribution in [2.45, 2.75) is 33.6 Å². The Labute approximate surface area is 183 Å². The summed E-state index contributed by atoms with van der Waals surface area (Å²) in [6, 6.07) is 13.9. The van der Waals surface area contributed by atoms with Gasteiger partial charge in [0, 0.05) is 31.2 Å². The second-order valence-corrected chi connectivity index (χ2v) is 8.25. The third kappa shape index (κ3) is 5.20. The Bertz CT molecular complexity index is 1050. The lowest BCUT2D eigenvalue weighted by molar-refractivity contribution is -0.120. The third-order valence-corrected chi connectivity index (χ3v) is 5.46. The van der Waals surface area contributed by atoms with Crippen molar-refractivity contribution in [3.05, 3.63) is 71.5 Å². The first-order valence-corrected chi connectivity index (χ1v) is 10.7. The fourth-order valence-corrected chi connectivity index (χ4v) is 4.00. The zero-order chi connectivity index (χ0) is 21.8. The molecule has 1 saturated heterocycles. The van der Waals surface area contributed by atoms with Crippen LogP contribution in [0.2, 0.25) is 0 Å². The van der Waals surface area contributed by atoms with Crippen LogP contribution in [-0.2, 0) is 4.79 Å². The molecule has 1 atom stereocenters. The normalized spacial score (nSPS) is 16.1. The number of carbonyl (C=O) groups is 1. The van der Waals surface area contributed by atoms with E-state index in [0.29, 0.717) is 24.0 Å². The summed E-state index contributed by atoms with van der Waals surface area (Å²) in [5.41, 5.74) is 4.29. The summed E-state index contributed by atoms with van der Waals surface area (Å²) in [6.45, 7) is 7.51. The van der Waals surface area contributed by atoms with Gasteiger partial charge in [-0.25, -0.2) is 9.97 Å². The number of hydrogen-bond donors (Lipinski definition) is 1. The van der Waals surface area contributed by atoms with Gasteiger partial charge in [-0.3, -0.25) is 4.79 Å². The molecule has 3 aromatic rings. The van der Waals surface area contributed by atoms with Crippen molar-refractivity contribution in [2.24, 2.45) is 5.92 Å². The van der Waals surface area contributed by atoms with E-state index in [0.717, 1.165) is 36.2 Å². The van der Waals surface area contributed by atoms with Gasteiger partial charge < -0.3 is 15.0 Å². The van der Waals surface area contributed by atoms with Crippen LogP contribution in [0.25, 0.3) is 0 Å². The van der Waals surface area contributed by atoms with E-state index >= 15 is 0 Å². The summed E-state index contributed by atoms with van der Waals surface area (Å²) >= 11 is 0. The smallest absolute Gasteiger partial charge is 0.263 e. The van der Waals surface area contributed by atoms with Crippen LogP contribution in [0.1, 0.15) is 29.5 Å². The van der Waals surface area contributed by atoms with E-state index in [9.17, 15) is 4.79 Å². The molecule has 6 heteroatoms. The molecule has 1 amide bonds. The minimum absolute atomic E-state index is 0.0413. The van der Waals surface area contributed by atoms with Gasteiger partial charge in [0.05, 0.1) is 5.92 Å². The minimum Gasteiger partial charge on any atom is -0.436 e. The van der Waals surface area contributed by atoms with Crippen LogP contribution in [0.4, 0.5) is 11.5 Å². The maximum Gasteiger partial charge on any atom is 0.263 e. The molecule has 4 rings (SSSR count). The first-order valence-electron chi connectivity index (χ1n) is 10.7. The van der Waals surface area contributed by atoms with Gasteiger partial charge in [-0.05, 0) is 69.0 Å². The number of benzene rings is 2. The largest absolute Gasteiger partial charge is 0.436 e. The molecule has 1 N–H and O–H groups in total. The highest BCUT2D eigenvalue weighted by atomic mass is 16.5. The molecule has 0 bridgehead atoms. The van der Waals surface area contributed by atoms with Crippen molar-refractivity contribution in [1.82, 2.24) is 9.97 Å². The quantitative estimate of drug-likeness (QED) is 0.630. The molecular formula is C25H28N4O2. The van der Waals surface area contributed by atoms with Crippen LogP contribution in [0.3, 0.4) is 0 Å². The maximum absolute atomic E-state index is 13.0. The van der Waals surface area contributed by atoms with Gasteiger partial charge in [0.15, 0.2) is 5.82 Å². The van der Waals surface area contributed by atoms with Gasteiger partial charge in [-0.1, -0.05) is 23.8 Å². The van der Waals surface area contributed by atoms with E-state index in [2.05, 4.69) is 26.3 Å². The Balaban J connectivity index is 1.48. The molecule has 0 radical (unpaired) electrons. The molecule has 0 unspecified atom stereocenters. The summed E-state index contributed by atoms with van der Waals surface area (Å²) in [4.78, 5) is 24.0. The molecule has 31 heavy (non-hydrogen) atoms. The molecule has 1 aliphatic heterocycles. The van der Waals surface area contributed by atoms with Gasteiger partial charge in [0.2, 0.25) is 5.91 Å². The summed E-state index contributed by atoms with van der Waals surface area (Å²) < 4.78 is 6.02. The number of aromatic nitrogens is 2. The number of amides is 1. The standard InChI is InChI=1S/C25H28N4O2/c1-17-6-8-22(9-7-17)31-25-23(26-10-11-27-25)29-12-4-5-20(16-29)24(30)28-21-14-18(2)13-19(3)15-21/h6-11,13-15,20H,4-5,12,16H2,1-3H3,(H,28,30)/t20-/m1/s1. The lowest BCUT2D eigenvalue weighted by Gasteiger charge is -2.33. The molecule has 160 valence electrons. The zero-order valence-corrected chi connectivity index (χ0v) is 18.3. The predicted molar refractivity (Wildman–Crippen MR) is 123 cm³/mol. The topological polar surface area (TPSA) is 67.4 Å². The van der Waals surface area contributed by atoms with Crippen LogP contribution in [0.5, 0.6) is 11.6 Å². The van der Waals surface area contributed by atoms with E-state index in [1.165, 1.54) is 5.56 Å². The molecule has 1 fully saturated rings. The molecule has 1 aromatic heterocycles. The Kier molecular flexibility index (Phi) is 6.16. The van der Waals surface area contributed by atoms with Gasteiger partial charge in [0.25, 0.3) is 5.88 Å². The average molecular weight is 417 g/mol. The minimum atomic E-state index is -0.121. The highest BCUT2D eigenvalue weighted by molar-refractivity contribution is 5.93. The first kappa shape index (κ1) is 20.8. The van der Waals surface area contributed by atoms with Crippen molar-refractivity contribution < 1.29 is 9.53 Å². The van der Waals surface area contributed by atoms with Crippen LogP contribution in [0.15, 0.2) is 54.9 Å². The molecule has 1 aliphatic rings. The molecule has 6 nitrogen and oxygen atoms in total. The van der Waals surface area contributed by atoms with Crippen molar-refractivity contribution in [1.29, 1.82) is 0 Å². The Morgan fingerprint density at radius 1 is 1.00 bits per heavy atom. The molecule has 0 aliphatic carbocycles. The second kappa shape index (κ2) is 9.16. The van der Waals surface area contributed by atoms with E-state index < -0.39 is 0 Å². The summed E-state index contributed by atoms with van der Waals surface area (Å²) in [5.74, 6) is 1.77. The van der Waals surface area contributed by atoms with Crippen molar-refractivity contribution >= 4 is 17.4 Å². The second-order valence-electron chi connectivity index (χ2n) is 8.25. The monoisotopic (exact) mass is 416 g/mol. The van der Waals surface area contributed by atoms with Crippen molar-refractivity contribution in [2.75, 3.05) is 23.3 Å². The SMILES string of the molecule is Cc1ccc(Oc2nccnc2N2CCC[C@@H](C(=O)Nc3cc(C)cc(C)c3)C2)cc1. The number of nitrogens with one attached hydrogen (secondary N) is 1. The lowest BCUT2D eigenvalue weighted by Crippen LogP contribution is -2.41. The number of nitrogens with zero attached hydrogens (tertiary/aromatic N) is 3. The Morgan fingerprint density at radius 2 is 1.71 bits per heavy atom. The summed E-state index contributed by atoms with van der Waals surface area (Å²) in [7, 11) is 0. The van der Waals surface area contributed by atoms with Gasteiger partial charge >= 0.3 is 0 Å². The fraction of sp³-hybridized carbons (Fsp3) is 0.320. The number of anilines is 2. The van der Waals surface area contributed by atoms with Gasteiger partial charge in [-0.2, -0.15) is 0 Å². The lowest BCUT2D eigenvalue weighted by atomic mass is 9.97. The average Bonchev–Trinajstić information content (AvgIpc) is 2.75. The zero-order valence-electron chi connectivity index (χ0n) is 18.3. The van der Waals surface area contributed by atoms with Crippen LogP contribution >= 0.6 is 0 Å². The third-order valence-electron chi connectivity index (χ3n) is 5.46. The maximum atomic E-state index is 13.0. The van der Waals surface area contributed by atoms with E-state index in [1.54, 1.807) is 12.4 Å². The summed E-state index contributed by atoms with van der Waals surface area (Å²) in [5, 5.41) is 3.09. The molecule has 2 aromatic carbocycles. The first-order chi connectivity index (χ1) is 15.0. The Morgan fingerprint density at radius 3 is 2.45 bits per heavy atom. The number of ether oxygens (including phenoxy) is 1. The number of hydrogen-bond acceptors (Lipinski definition) is 5. The molecule has 0 saturated carbocycles.